The van der Waals surface area contributed by atoms with E-state index in [0.29, 0.717) is 6.92 Å². The topological polar surface area (TPSA) is 75.3 Å². The lowest BCUT2D eigenvalue weighted by Gasteiger charge is -2.26. The monoisotopic (exact) mass is 228 g/mol. The summed E-state index contributed by atoms with van der Waals surface area (Å²) in [6.07, 6.45) is -4.79. The molecule has 0 rings (SSSR count). The molecule has 90 valence electrons. The molecule has 0 heterocycles. The number of hydrogen-bond acceptors (Lipinski definition) is 3. The van der Waals surface area contributed by atoms with Crippen LogP contribution in [0.15, 0.2) is 0 Å². The zero-order valence-electron chi connectivity index (χ0n) is 8.56. The second-order valence-corrected chi connectivity index (χ2v) is 3.70. The Labute approximate surface area is 85.6 Å². The molecule has 15 heavy (non-hydrogen) atoms. The number of aliphatic hydroxyl groups excluding tert-OH is 1. The summed E-state index contributed by atoms with van der Waals surface area (Å²) in [7, 11) is 0. The molecule has 0 fully saturated rings. The summed E-state index contributed by atoms with van der Waals surface area (Å²) in [5.41, 5.74) is 1.96. The largest absolute Gasteiger partial charge is 0.415 e. The summed E-state index contributed by atoms with van der Waals surface area (Å²) < 4.78 is 36.8. The van der Waals surface area contributed by atoms with Crippen molar-refractivity contribution in [1.29, 1.82) is 0 Å². The van der Waals surface area contributed by atoms with Gasteiger partial charge < -0.3 is 16.2 Å². The van der Waals surface area contributed by atoms with E-state index >= 15 is 0 Å². The van der Waals surface area contributed by atoms with Crippen LogP contribution in [0, 0.1) is 5.92 Å². The Bertz CT molecular complexity index is 228. The van der Waals surface area contributed by atoms with Crippen molar-refractivity contribution in [2.45, 2.75) is 25.6 Å². The molecule has 4 N–H and O–H groups in total. The molecule has 2 unspecified atom stereocenters. The summed E-state index contributed by atoms with van der Waals surface area (Å²) in [4.78, 5) is 11.1. The van der Waals surface area contributed by atoms with Crippen molar-refractivity contribution >= 4 is 5.91 Å². The van der Waals surface area contributed by atoms with E-state index in [1.807, 2.05) is 5.32 Å². The lowest BCUT2D eigenvalue weighted by Crippen LogP contribution is -2.61. The lowest BCUT2D eigenvalue weighted by molar-refractivity contribution is -0.187. The molecule has 0 aromatic carbocycles. The zero-order chi connectivity index (χ0) is 12.3. The van der Waals surface area contributed by atoms with E-state index in [-0.39, 0.29) is 19.1 Å². The number of nitrogens with one attached hydrogen (secondary N) is 1. The maximum Gasteiger partial charge on any atom is 0.415 e. The summed E-state index contributed by atoms with van der Waals surface area (Å²) in [5.74, 6) is -1.60. The molecule has 0 saturated carbocycles. The fourth-order valence-electron chi connectivity index (χ4n) is 0.644. The van der Waals surface area contributed by atoms with Gasteiger partial charge in [-0.3, -0.25) is 4.79 Å². The molecule has 0 aliphatic heterocycles. The molecular formula is C8H15F3N2O2. The Morgan fingerprint density at radius 3 is 2.33 bits per heavy atom. The number of aliphatic hydroxyl groups is 1. The number of carbonyl (C=O) groups is 1. The first-order valence-corrected chi connectivity index (χ1v) is 4.37. The Kier molecular flexibility index (Phi) is 4.54. The van der Waals surface area contributed by atoms with Crippen LogP contribution >= 0.6 is 0 Å². The normalized spacial score (nSPS) is 18.1. The Morgan fingerprint density at radius 2 is 2.00 bits per heavy atom. The molecule has 0 aromatic rings. The van der Waals surface area contributed by atoms with E-state index in [1.165, 1.54) is 0 Å². The van der Waals surface area contributed by atoms with Gasteiger partial charge in [-0.25, -0.2) is 0 Å². The number of halogens is 3. The van der Waals surface area contributed by atoms with Crippen molar-refractivity contribution < 1.29 is 23.1 Å². The van der Waals surface area contributed by atoms with Crippen LogP contribution in [0.5, 0.6) is 0 Å². The van der Waals surface area contributed by atoms with Crippen LogP contribution in [0.25, 0.3) is 0 Å². The molecule has 0 aromatic heterocycles. The van der Waals surface area contributed by atoms with Gasteiger partial charge in [0.1, 0.15) is 0 Å². The van der Waals surface area contributed by atoms with Gasteiger partial charge in [0.15, 0.2) is 5.54 Å². The van der Waals surface area contributed by atoms with Gasteiger partial charge in [0.2, 0.25) is 5.91 Å². The van der Waals surface area contributed by atoms with Gasteiger partial charge in [-0.1, -0.05) is 6.92 Å². The predicted octanol–water partition coefficient (Wildman–Crippen LogP) is 0.0107. The highest BCUT2D eigenvalue weighted by molar-refractivity contribution is 5.86. The first kappa shape index (κ1) is 14.2. The van der Waals surface area contributed by atoms with Gasteiger partial charge in [0, 0.05) is 13.2 Å². The summed E-state index contributed by atoms with van der Waals surface area (Å²) in [6, 6.07) is 0. The molecule has 7 heteroatoms. The molecule has 2 atom stereocenters. The highest BCUT2D eigenvalue weighted by Crippen LogP contribution is 2.27. The number of hydrogen-bond donors (Lipinski definition) is 3. The number of amides is 1. The average molecular weight is 228 g/mol. The van der Waals surface area contributed by atoms with Gasteiger partial charge in [-0.05, 0) is 12.8 Å². The second kappa shape index (κ2) is 4.80. The van der Waals surface area contributed by atoms with E-state index < -0.39 is 17.6 Å². The third-order valence-corrected chi connectivity index (χ3v) is 1.98. The summed E-state index contributed by atoms with van der Waals surface area (Å²) in [5, 5.41) is 10.6. The molecule has 0 aliphatic carbocycles. The van der Waals surface area contributed by atoms with Crippen molar-refractivity contribution in [2.75, 3.05) is 13.2 Å². The minimum Gasteiger partial charge on any atom is -0.396 e. The minimum absolute atomic E-state index is 0.0434. The number of alkyl halides is 3. The van der Waals surface area contributed by atoms with E-state index in [4.69, 9.17) is 10.8 Å². The SMILES string of the molecule is CC(CO)CNC(=O)C(C)(N)C(F)(F)F. The molecule has 0 aliphatic rings. The van der Waals surface area contributed by atoms with Crippen LogP contribution < -0.4 is 11.1 Å². The van der Waals surface area contributed by atoms with Crippen molar-refractivity contribution in [3.8, 4) is 0 Å². The van der Waals surface area contributed by atoms with Crippen LogP contribution in [-0.4, -0.2) is 35.9 Å². The second-order valence-electron chi connectivity index (χ2n) is 3.70. The standard InChI is InChI=1S/C8H15F3N2O2/c1-5(4-14)3-13-6(15)7(2,12)8(9,10)11/h5,14H,3-4,12H2,1-2H3,(H,13,15). The Morgan fingerprint density at radius 1 is 1.53 bits per heavy atom. The van der Waals surface area contributed by atoms with Crippen molar-refractivity contribution in [2.24, 2.45) is 11.7 Å². The van der Waals surface area contributed by atoms with Crippen LogP contribution in [0.1, 0.15) is 13.8 Å². The molecular weight excluding hydrogens is 213 g/mol. The quantitative estimate of drug-likeness (QED) is 0.634. The Hall–Kier alpha value is -0.820. The summed E-state index contributed by atoms with van der Waals surface area (Å²) >= 11 is 0. The van der Waals surface area contributed by atoms with Gasteiger partial charge in [-0.15, -0.1) is 0 Å². The molecule has 0 spiro atoms. The first-order chi connectivity index (χ1) is 6.63. The van der Waals surface area contributed by atoms with E-state index in [0.717, 1.165) is 0 Å². The number of carbonyl (C=O) groups excluding carboxylic acids is 1. The molecule has 0 bridgehead atoms. The van der Waals surface area contributed by atoms with Crippen molar-refractivity contribution in [3.05, 3.63) is 0 Å². The number of nitrogens with two attached hydrogens (primary N) is 1. The molecule has 4 nitrogen and oxygen atoms in total. The van der Waals surface area contributed by atoms with Crippen molar-refractivity contribution in [1.82, 2.24) is 5.32 Å². The third kappa shape index (κ3) is 3.67. The highest BCUT2D eigenvalue weighted by atomic mass is 19.4. The maximum absolute atomic E-state index is 12.3. The zero-order valence-corrected chi connectivity index (χ0v) is 8.56. The maximum atomic E-state index is 12.3. The van der Waals surface area contributed by atoms with Gasteiger partial charge in [-0.2, -0.15) is 13.2 Å². The number of rotatable bonds is 4. The molecule has 1 amide bonds. The van der Waals surface area contributed by atoms with E-state index in [1.54, 1.807) is 6.92 Å². The van der Waals surface area contributed by atoms with Gasteiger partial charge >= 0.3 is 6.18 Å². The van der Waals surface area contributed by atoms with Gasteiger partial charge in [0.05, 0.1) is 0 Å². The van der Waals surface area contributed by atoms with Crippen LogP contribution in [-0.2, 0) is 4.79 Å². The lowest BCUT2D eigenvalue weighted by atomic mass is 10.0. The van der Waals surface area contributed by atoms with Gasteiger partial charge in [0.25, 0.3) is 0 Å². The Balaban J connectivity index is 4.33. The first-order valence-electron chi connectivity index (χ1n) is 4.37. The van der Waals surface area contributed by atoms with Crippen molar-refractivity contribution in [3.63, 3.8) is 0 Å². The van der Waals surface area contributed by atoms with Crippen LogP contribution in [0.2, 0.25) is 0 Å². The average Bonchev–Trinajstić information content (AvgIpc) is 2.11. The third-order valence-electron chi connectivity index (χ3n) is 1.98. The fraction of sp³-hybridized carbons (Fsp3) is 0.875. The fourth-order valence-corrected chi connectivity index (χ4v) is 0.644. The van der Waals surface area contributed by atoms with E-state index in [2.05, 4.69) is 0 Å². The smallest absolute Gasteiger partial charge is 0.396 e. The van der Waals surface area contributed by atoms with Crippen LogP contribution in [0.3, 0.4) is 0 Å². The molecule has 0 radical (unpaired) electrons. The predicted molar refractivity (Wildman–Crippen MR) is 47.9 cm³/mol. The summed E-state index contributed by atoms with van der Waals surface area (Å²) in [6.45, 7) is 1.93. The molecule has 0 saturated heterocycles. The minimum atomic E-state index is -4.79. The van der Waals surface area contributed by atoms with Crippen LogP contribution in [0.4, 0.5) is 13.2 Å². The van der Waals surface area contributed by atoms with E-state index in [9.17, 15) is 18.0 Å². The highest BCUT2D eigenvalue weighted by Gasteiger charge is 2.53.